The van der Waals surface area contributed by atoms with Gasteiger partial charge >= 0.3 is 0 Å². The van der Waals surface area contributed by atoms with Crippen molar-refractivity contribution in [2.45, 2.75) is 5.41 Å². The number of nitrogens with zero attached hydrogens (tertiary/aromatic N) is 1. The van der Waals surface area contributed by atoms with E-state index in [0.29, 0.717) is 0 Å². The minimum atomic E-state index is -0.471. The molecule has 230 valence electrons. The Morgan fingerprint density at radius 3 is 1.44 bits per heavy atom. The van der Waals surface area contributed by atoms with Crippen molar-refractivity contribution in [3.63, 3.8) is 0 Å². The van der Waals surface area contributed by atoms with Crippen LogP contribution in [0.15, 0.2) is 175 Å². The van der Waals surface area contributed by atoms with E-state index >= 15 is 0 Å². The Morgan fingerprint density at radius 2 is 0.860 bits per heavy atom. The van der Waals surface area contributed by atoms with Gasteiger partial charge in [0.05, 0.1) is 16.4 Å². The number of aromatic nitrogens is 1. The second kappa shape index (κ2) is 9.37. The number of allylic oxidation sites excluding steroid dienone is 4. The molecule has 1 nitrogen and oxygen atoms in total. The molecule has 1 spiro atoms. The van der Waals surface area contributed by atoms with Gasteiger partial charge in [-0.15, -0.1) is 0 Å². The summed E-state index contributed by atoms with van der Waals surface area (Å²) in [6.07, 6.45) is 7.49. The van der Waals surface area contributed by atoms with Crippen LogP contribution in [0.3, 0.4) is 0 Å². The van der Waals surface area contributed by atoms with Crippen molar-refractivity contribution in [1.29, 1.82) is 0 Å². The first-order chi connectivity index (χ1) is 24.8. The number of benzene rings is 8. The summed E-state index contributed by atoms with van der Waals surface area (Å²) in [5, 5.41) is 13.0. The van der Waals surface area contributed by atoms with E-state index in [1.165, 1.54) is 104 Å². The van der Waals surface area contributed by atoms with Crippen LogP contribution >= 0.6 is 0 Å². The lowest BCUT2D eigenvalue weighted by Gasteiger charge is -2.36. The van der Waals surface area contributed by atoms with Crippen LogP contribution in [0.2, 0.25) is 0 Å². The van der Waals surface area contributed by atoms with Gasteiger partial charge in [-0.25, -0.2) is 0 Å². The highest BCUT2D eigenvalue weighted by Gasteiger charge is 2.48. The van der Waals surface area contributed by atoms with Gasteiger partial charge < -0.3 is 4.57 Å². The Labute approximate surface area is 288 Å². The topological polar surface area (TPSA) is 4.93 Å². The second-order valence-corrected chi connectivity index (χ2v) is 14.0. The van der Waals surface area contributed by atoms with E-state index in [-0.39, 0.29) is 0 Å². The number of rotatable bonds is 1. The van der Waals surface area contributed by atoms with E-state index in [1.54, 1.807) is 0 Å². The molecule has 0 aliphatic heterocycles. The second-order valence-electron chi connectivity index (χ2n) is 14.0. The molecule has 12 rings (SSSR count). The van der Waals surface area contributed by atoms with Gasteiger partial charge in [0, 0.05) is 16.5 Å². The molecule has 8 aromatic carbocycles. The van der Waals surface area contributed by atoms with Crippen LogP contribution in [0.25, 0.3) is 82.6 Å². The van der Waals surface area contributed by atoms with Crippen molar-refractivity contribution in [2.24, 2.45) is 0 Å². The van der Waals surface area contributed by atoms with E-state index in [9.17, 15) is 0 Å². The van der Waals surface area contributed by atoms with E-state index in [0.717, 1.165) is 0 Å². The summed E-state index contributed by atoms with van der Waals surface area (Å²) in [5.41, 5.74) is 11.2. The van der Waals surface area contributed by atoms with Crippen molar-refractivity contribution in [1.82, 2.24) is 4.57 Å². The van der Waals surface area contributed by atoms with Gasteiger partial charge in [-0.05, 0) is 119 Å². The molecule has 0 saturated heterocycles. The Morgan fingerprint density at radius 1 is 0.400 bits per heavy atom. The maximum absolute atomic E-state index is 2.58. The number of para-hydroxylation sites is 2. The molecule has 50 heavy (non-hydrogen) atoms. The maximum Gasteiger partial charge on any atom is 0.0679 e. The highest BCUT2D eigenvalue weighted by Crippen LogP contribution is 2.58. The fraction of sp³-hybridized carbons (Fsp3) is 0.0204. The fourth-order valence-electron chi connectivity index (χ4n) is 9.77. The average Bonchev–Trinajstić information content (AvgIpc) is 3.81. The van der Waals surface area contributed by atoms with E-state index in [4.69, 9.17) is 0 Å². The van der Waals surface area contributed by atoms with Crippen molar-refractivity contribution in [3.05, 3.63) is 197 Å². The molecular formula is C49H29N. The van der Waals surface area contributed by atoms with E-state index < -0.39 is 5.41 Å². The normalized spacial score (nSPS) is 15.3. The standard InChI is InChI=1S/C49H29N/c1-3-15-35-33(13-1)34-14-2-4-16-36(34)43-28-41-30(27-42(35)43)25-31-26-32(50-46-23-11-7-19-39(46)40-20-8-12-24-47(40)50)29-49(48(31)41)44-21-9-5-17-37(44)38-18-6-10-22-45(38)49/h1-29H. The molecule has 0 unspecified atom stereocenters. The number of fused-ring (bicyclic) bond motifs is 17. The van der Waals surface area contributed by atoms with Gasteiger partial charge in [-0.1, -0.05) is 133 Å². The van der Waals surface area contributed by atoms with Gasteiger partial charge in [0.2, 0.25) is 0 Å². The maximum atomic E-state index is 2.58. The first-order valence-electron chi connectivity index (χ1n) is 17.5. The molecule has 0 radical (unpaired) electrons. The molecule has 0 amide bonds. The van der Waals surface area contributed by atoms with Crippen molar-refractivity contribution >= 4 is 71.5 Å². The van der Waals surface area contributed by atoms with Crippen molar-refractivity contribution < 1.29 is 0 Å². The van der Waals surface area contributed by atoms with Crippen LogP contribution in [-0.4, -0.2) is 4.57 Å². The van der Waals surface area contributed by atoms with Gasteiger partial charge in [-0.3, -0.25) is 0 Å². The van der Waals surface area contributed by atoms with Crippen molar-refractivity contribution in [3.8, 4) is 11.1 Å². The number of hydrogen-bond donors (Lipinski definition) is 0. The van der Waals surface area contributed by atoms with E-state index in [1.807, 2.05) is 0 Å². The Balaban J connectivity index is 1.28. The molecule has 9 aromatic rings. The molecule has 0 bridgehead atoms. The largest absolute Gasteiger partial charge is 0.309 e. The highest BCUT2D eigenvalue weighted by atomic mass is 15.0. The third-order valence-corrected chi connectivity index (χ3v) is 11.7. The van der Waals surface area contributed by atoms with Crippen LogP contribution in [0.4, 0.5) is 0 Å². The summed E-state index contributed by atoms with van der Waals surface area (Å²) in [7, 11) is 0. The summed E-state index contributed by atoms with van der Waals surface area (Å²) < 4.78 is 2.49. The van der Waals surface area contributed by atoms with Crippen LogP contribution in [-0.2, 0) is 5.41 Å². The molecule has 3 aliphatic carbocycles. The van der Waals surface area contributed by atoms with Gasteiger partial charge in [0.25, 0.3) is 0 Å². The zero-order valence-electron chi connectivity index (χ0n) is 27.2. The first kappa shape index (κ1) is 26.5. The molecule has 0 fully saturated rings. The quantitative estimate of drug-likeness (QED) is 0.159. The molecule has 1 aromatic heterocycles. The highest BCUT2D eigenvalue weighted by molar-refractivity contribution is 6.25. The minimum Gasteiger partial charge on any atom is -0.309 e. The molecule has 1 heteroatoms. The third kappa shape index (κ3) is 3.18. The summed E-state index contributed by atoms with van der Waals surface area (Å²) in [5.74, 6) is 0. The molecule has 1 heterocycles. The zero-order chi connectivity index (χ0) is 32.6. The van der Waals surface area contributed by atoms with Gasteiger partial charge in [-0.2, -0.15) is 0 Å². The predicted octanol–water partition coefficient (Wildman–Crippen LogP) is 10.6. The predicted molar refractivity (Wildman–Crippen MR) is 211 cm³/mol. The van der Waals surface area contributed by atoms with Crippen LogP contribution in [0.1, 0.15) is 11.1 Å². The average molecular weight is 632 g/mol. The molecular weight excluding hydrogens is 603 g/mol. The van der Waals surface area contributed by atoms with Crippen LogP contribution < -0.4 is 10.4 Å². The van der Waals surface area contributed by atoms with Gasteiger partial charge in [0.15, 0.2) is 0 Å². The Hall–Kier alpha value is -6.44. The van der Waals surface area contributed by atoms with Gasteiger partial charge in [0.1, 0.15) is 0 Å². The first-order valence-corrected chi connectivity index (χ1v) is 17.5. The molecule has 0 atom stereocenters. The molecule has 0 saturated carbocycles. The Bertz CT molecular complexity index is 3100. The number of hydrogen-bond acceptors (Lipinski definition) is 0. The lowest BCUT2D eigenvalue weighted by molar-refractivity contribution is 0.855. The summed E-state index contributed by atoms with van der Waals surface area (Å²) >= 11 is 0. The summed E-state index contributed by atoms with van der Waals surface area (Å²) in [4.78, 5) is 0. The summed E-state index contributed by atoms with van der Waals surface area (Å²) in [6.45, 7) is 0. The minimum absolute atomic E-state index is 0.471. The van der Waals surface area contributed by atoms with E-state index in [2.05, 4.69) is 181 Å². The van der Waals surface area contributed by atoms with Crippen LogP contribution in [0.5, 0.6) is 0 Å². The molecule has 0 N–H and O–H groups in total. The SMILES string of the molecule is C1=C2C=c3cc4c5ccccc5c5ccccc5c4cc3=C2C2(C=C1n1c3ccccc3c3ccccc31)c1ccccc1-c1ccccc12. The Kier molecular flexibility index (Phi) is 4.97. The molecule has 3 aliphatic rings. The smallest absolute Gasteiger partial charge is 0.0679 e. The third-order valence-electron chi connectivity index (χ3n) is 11.7. The van der Waals surface area contributed by atoms with Crippen molar-refractivity contribution in [2.75, 3.05) is 0 Å². The summed E-state index contributed by atoms with van der Waals surface area (Å²) in [6, 6.07) is 58.7. The lowest BCUT2D eigenvalue weighted by Crippen LogP contribution is -2.34. The zero-order valence-corrected chi connectivity index (χ0v) is 27.2. The fourth-order valence-corrected chi connectivity index (χ4v) is 9.77. The lowest BCUT2D eigenvalue weighted by atomic mass is 9.67. The van der Waals surface area contributed by atoms with Crippen LogP contribution in [0, 0.1) is 0 Å². The monoisotopic (exact) mass is 631 g/mol.